The van der Waals surface area contributed by atoms with Gasteiger partial charge in [-0.05, 0) is 48.5 Å². The zero-order valence-corrected chi connectivity index (χ0v) is 18.8. The van der Waals surface area contributed by atoms with Crippen molar-refractivity contribution in [2.75, 3.05) is 35.7 Å². The smallest absolute Gasteiger partial charge is 0.243 e. The van der Waals surface area contributed by atoms with Crippen molar-refractivity contribution in [3.05, 3.63) is 78.9 Å². The van der Waals surface area contributed by atoms with E-state index in [1.165, 1.54) is 0 Å². The van der Waals surface area contributed by atoms with Gasteiger partial charge < -0.3 is 25.4 Å². The third-order valence-electron chi connectivity index (χ3n) is 4.64. The molecule has 7 nitrogen and oxygen atoms in total. The molecule has 0 aliphatic heterocycles. The highest BCUT2D eigenvalue weighted by Gasteiger charge is 2.09. The zero-order valence-electron chi connectivity index (χ0n) is 18.8. The van der Waals surface area contributed by atoms with Gasteiger partial charge in [0.1, 0.15) is 24.7 Å². The molecule has 0 atom stereocenters. The van der Waals surface area contributed by atoms with Gasteiger partial charge in [-0.3, -0.25) is 9.59 Å². The number of amides is 2. The lowest BCUT2D eigenvalue weighted by Crippen LogP contribution is -2.22. The van der Waals surface area contributed by atoms with Gasteiger partial charge in [0.2, 0.25) is 11.8 Å². The number of hydrogen-bond acceptors (Lipinski definition) is 5. The molecule has 7 heteroatoms. The van der Waals surface area contributed by atoms with Crippen molar-refractivity contribution in [1.82, 2.24) is 0 Å². The van der Waals surface area contributed by atoms with Gasteiger partial charge >= 0.3 is 0 Å². The van der Waals surface area contributed by atoms with E-state index in [9.17, 15) is 9.59 Å². The summed E-state index contributed by atoms with van der Waals surface area (Å²) in [5.74, 6) is 1.03. The van der Waals surface area contributed by atoms with Crippen LogP contribution in [0.5, 0.6) is 11.5 Å². The summed E-state index contributed by atoms with van der Waals surface area (Å²) in [6.45, 7) is 4.50. The van der Waals surface area contributed by atoms with Gasteiger partial charge in [0.15, 0.2) is 0 Å². The molecule has 3 aromatic rings. The SMILES string of the molecule is CC(C)C(=O)Nc1ccc(NCC(=O)Nc2ccccc2OCCOc2ccccc2)cc1. The summed E-state index contributed by atoms with van der Waals surface area (Å²) < 4.78 is 11.4. The van der Waals surface area contributed by atoms with Crippen LogP contribution in [0, 0.1) is 5.92 Å². The van der Waals surface area contributed by atoms with Crippen molar-refractivity contribution >= 4 is 28.9 Å². The molecule has 0 spiro atoms. The highest BCUT2D eigenvalue weighted by Crippen LogP contribution is 2.24. The Kier molecular flexibility index (Phi) is 8.71. The van der Waals surface area contributed by atoms with Crippen molar-refractivity contribution in [3.8, 4) is 11.5 Å². The molecule has 2 amide bonds. The van der Waals surface area contributed by atoms with Gasteiger partial charge in [-0.25, -0.2) is 0 Å². The average Bonchev–Trinajstić information content (AvgIpc) is 2.83. The highest BCUT2D eigenvalue weighted by atomic mass is 16.5. The lowest BCUT2D eigenvalue weighted by molar-refractivity contribution is -0.119. The van der Waals surface area contributed by atoms with Gasteiger partial charge in [-0.2, -0.15) is 0 Å². The van der Waals surface area contributed by atoms with E-state index in [-0.39, 0.29) is 24.3 Å². The molecule has 3 rings (SSSR count). The molecule has 0 fully saturated rings. The van der Waals surface area contributed by atoms with Crippen LogP contribution in [0.15, 0.2) is 78.9 Å². The molecule has 0 saturated carbocycles. The maximum atomic E-state index is 12.4. The van der Waals surface area contributed by atoms with E-state index in [2.05, 4.69) is 16.0 Å². The largest absolute Gasteiger partial charge is 0.490 e. The second-order valence-corrected chi connectivity index (χ2v) is 7.63. The van der Waals surface area contributed by atoms with E-state index in [1.54, 1.807) is 24.3 Å². The fraction of sp³-hybridized carbons (Fsp3) is 0.231. The molecular weight excluding hydrogens is 418 g/mol. The molecule has 0 bridgehead atoms. The van der Waals surface area contributed by atoms with Crippen LogP contribution in [0.25, 0.3) is 0 Å². The highest BCUT2D eigenvalue weighted by molar-refractivity contribution is 5.95. The molecule has 3 aromatic carbocycles. The lowest BCUT2D eigenvalue weighted by atomic mass is 10.2. The third kappa shape index (κ3) is 7.88. The zero-order chi connectivity index (χ0) is 23.5. The first-order valence-electron chi connectivity index (χ1n) is 10.9. The maximum Gasteiger partial charge on any atom is 0.243 e. The van der Waals surface area contributed by atoms with E-state index >= 15 is 0 Å². The molecule has 0 unspecified atom stereocenters. The fourth-order valence-corrected chi connectivity index (χ4v) is 2.86. The molecule has 172 valence electrons. The molecule has 33 heavy (non-hydrogen) atoms. The lowest BCUT2D eigenvalue weighted by Gasteiger charge is -2.14. The first-order chi connectivity index (χ1) is 16.0. The van der Waals surface area contributed by atoms with Crippen LogP contribution < -0.4 is 25.4 Å². The molecule has 0 aliphatic rings. The quantitative estimate of drug-likeness (QED) is 0.368. The van der Waals surface area contributed by atoms with Gasteiger partial charge in [0.25, 0.3) is 0 Å². The molecular formula is C26H29N3O4. The number of anilines is 3. The average molecular weight is 448 g/mol. The number of carbonyl (C=O) groups is 2. The molecule has 0 heterocycles. The van der Waals surface area contributed by atoms with Crippen molar-refractivity contribution < 1.29 is 19.1 Å². The van der Waals surface area contributed by atoms with Crippen LogP contribution >= 0.6 is 0 Å². The van der Waals surface area contributed by atoms with E-state index in [0.717, 1.165) is 11.4 Å². The van der Waals surface area contributed by atoms with Crippen molar-refractivity contribution in [2.45, 2.75) is 13.8 Å². The number of rotatable bonds is 11. The monoisotopic (exact) mass is 447 g/mol. The van der Waals surface area contributed by atoms with Gasteiger partial charge in [0, 0.05) is 17.3 Å². The van der Waals surface area contributed by atoms with E-state index in [4.69, 9.17) is 9.47 Å². The number of nitrogens with one attached hydrogen (secondary N) is 3. The maximum absolute atomic E-state index is 12.4. The van der Waals surface area contributed by atoms with E-state index in [1.807, 2.05) is 68.4 Å². The Balaban J connectivity index is 1.45. The van der Waals surface area contributed by atoms with Gasteiger partial charge in [-0.1, -0.05) is 44.2 Å². The summed E-state index contributed by atoms with van der Waals surface area (Å²) in [6, 6.07) is 24.0. The normalized spacial score (nSPS) is 10.4. The Hall–Kier alpha value is -4.00. The van der Waals surface area contributed by atoms with E-state index in [0.29, 0.717) is 30.3 Å². The van der Waals surface area contributed by atoms with Crippen LogP contribution in [0.3, 0.4) is 0 Å². The predicted molar refractivity (Wildman–Crippen MR) is 131 cm³/mol. The number of para-hydroxylation sites is 3. The van der Waals surface area contributed by atoms with Crippen molar-refractivity contribution in [1.29, 1.82) is 0 Å². The first-order valence-corrected chi connectivity index (χ1v) is 10.9. The van der Waals surface area contributed by atoms with Crippen LogP contribution in [-0.4, -0.2) is 31.6 Å². The molecule has 0 saturated heterocycles. The van der Waals surface area contributed by atoms with Crippen LogP contribution in [0.1, 0.15) is 13.8 Å². The van der Waals surface area contributed by atoms with Crippen LogP contribution in [-0.2, 0) is 9.59 Å². The van der Waals surface area contributed by atoms with Crippen molar-refractivity contribution in [2.24, 2.45) is 5.92 Å². The molecule has 0 radical (unpaired) electrons. The minimum atomic E-state index is -0.205. The predicted octanol–water partition coefficient (Wildman–Crippen LogP) is 4.79. The van der Waals surface area contributed by atoms with Gasteiger partial charge in [0.05, 0.1) is 12.2 Å². The summed E-state index contributed by atoms with van der Waals surface area (Å²) >= 11 is 0. The Labute approximate surface area is 194 Å². The number of carbonyl (C=O) groups excluding carboxylic acids is 2. The number of hydrogen-bond donors (Lipinski definition) is 3. The van der Waals surface area contributed by atoms with E-state index < -0.39 is 0 Å². The standard InChI is InChI=1S/C26H29N3O4/c1-19(2)26(31)28-21-14-12-20(13-15-21)27-18-25(30)29-23-10-6-7-11-24(23)33-17-16-32-22-8-4-3-5-9-22/h3-15,19,27H,16-18H2,1-2H3,(H,28,31)(H,29,30). The van der Waals surface area contributed by atoms with Crippen LogP contribution in [0.4, 0.5) is 17.1 Å². The molecule has 0 aliphatic carbocycles. The molecule has 0 aromatic heterocycles. The first kappa shape index (κ1) is 23.7. The van der Waals surface area contributed by atoms with Gasteiger partial charge in [-0.15, -0.1) is 0 Å². The number of ether oxygens (including phenoxy) is 2. The topological polar surface area (TPSA) is 88.7 Å². The fourth-order valence-electron chi connectivity index (χ4n) is 2.86. The summed E-state index contributed by atoms with van der Waals surface area (Å²) in [5, 5.41) is 8.77. The Morgan fingerprint density at radius 1 is 0.758 bits per heavy atom. The summed E-state index contributed by atoms with van der Waals surface area (Å²) in [5.41, 5.74) is 2.08. The Morgan fingerprint density at radius 3 is 2.12 bits per heavy atom. The summed E-state index contributed by atoms with van der Waals surface area (Å²) in [4.78, 5) is 24.2. The summed E-state index contributed by atoms with van der Waals surface area (Å²) in [7, 11) is 0. The third-order valence-corrected chi connectivity index (χ3v) is 4.64. The number of benzene rings is 3. The Bertz CT molecular complexity index is 1040. The van der Waals surface area contributed by atoms with Crippen molar-refractivity contribution in [3.63, 3.8) is 0 Å². The minimum absolute atomic E-state index is 0.0393. The second kappa shape index (κ2) is 12.1. The minimum Gasteiger partial charge on any atom is -0.490 e. The Morgan fingerprint density at radius 2 is 1.39 bits per heavy atom. The van der Waals surface area contributed by atoms with Crippen LogP contribution in [0.2, 0.25) is 0 Å². The second-order valence-electron chi connectivity index (χ2n) is 7.63. The molecule has 3 N–H and O–H groups in total. The summed E-state index contributed by atoms with van der Waals surface area (Å²) in [6.07, 6.45) is 0.